The lowest BCUT2D eigenvalue weighted by molar-refractivity contribution is -0.149. The topological polar surface area (TPSA) is 66.8 Å². The molecule has 1 N–H and O–H groups in total. The van der Waals surface area contributed by atoms with Crippen molar-refractivity contribution in [3.8, 4) is 0 Å². The van der Waals surface area contributed by atoms with Gasteiger partial charge in [-0.3, -0.25) is 9.59 Å². The molecular weight excluding hydrogens is 282 g/mol. The van der Waals surface area contributed by atoms with E-state index in [1.165, 1.54) is 0 Å². The standard InChI is InChI=1S/C17H21NO4/c1-11(17(20)21)10-18(13-6-7-13)16(19)15-14-5-3-2-4-12(14)8-9-22-15/h2-5,11,13,15H,6-10H2,1H3,(H,20,21). The monoisotopic (exact) mass is 303 g/mol. The molecule has 5 heteroatoms. The number of rotatable bonds is 5. The van der Waals surface area contributed by atoms with Crippen LogP contribution in [0.25, 0.3) is 0 Å². The third kappa shape index (κ3) is 2.99. The lowest BCUT2D eigenvalue weighted by atomic mass is 9.96. The van der Waals surface area contributed by atoms with E-state index in [0.29, 0.717) is 6.61 Å². The minimum Gasteiger partial charge on any atom is -0.481 e. The van der Waals surface area contributed by atoms with E-state index >= 15 is 0 Å². The van der Waals surface area contributed by atoms with Crippen LogP contribution < -0.4 is 0 Å². The quantitative estimate of drug-likeness (QED) is 0.903. The molecule has 1 saturated carbocycles. The van der Waals surface area contributed by atoms with Crippen molar-refractivity contribution >= 4 is 11.9 Å². The average molecular weight is 303 g/mol. The lowest BCUT2D eigenvalue weighted by Gasteiger charge is -2.32. The lowest BCUT2D eigenvalue weighted by Crippen LogP contribution is -2.42. The number of fused-ring (bicyclic) bond motifs is 1. The van der Waals surface area contributed by atoms with Gasteiger partial charge in [0.1, 0.15) is 0 Å². The summed E-state index contributed by atoms with van der Waals surface area (Å²) in [7, 11) is 0. The number of hydrogen-bond donors (Lipinski definition) is 1. The highest BCUT2D eigenvalue weighted by Gasteiger charge is 2.39. The Hall–Kier alpha value is -1.88. The van der Waals surface area contributed by atoms with Crippen molar-refractivity contribution < 1.29 is 19.4 Å². The second kappa shape index (κ2) is 6.08. The van der Waals surface area contributed by atoms with Crippen LogP contribution in [-0.2, 0) is 20.7 Å². The molecule has 2 atom stereocenters. The number of ether oxygens (including phenoxy) is 1. The summed E-state index contributed by atoms with van der Waals surface area (Å²) in [6.45, 7) is 2.42. The van der Waals surface area contributed by atoms with Crippen molar-refractivity contribution in [2.45, 2.75) is 38.3 Å². The summed E-state index contributed by atoms with van der Waals surface area (Å²) in [5.74, 6) is -1.53. The molecule has 1 aromatic rings. The van der Waals surface area contributed by atoms with Crippen LogP contribution in [0.5, 0.6) is 0 Å². The Balaban J connectivity index is 1.81. The van der Waals surface area contributed by atoms with Crippen LogP contribution in [0.15, 0.2) is 24.3 Å². The highest BCUT2D eigenvalue weighted by Crippen LogP contribution is 2.34. The van der Waals surface area contributed by atoms with Gasteiger partial charge in [0.2, 0.25) is 0 Å². The average Bonchev–Trinajstić information content (AvgIpc) is 3.35. The van der Waals surface area contributed by atoms with Crippen molar-refractivity contribution in [1.82, 2.24) is 4.90 Å². The summed E-state index contributed by atoms with van der Waals surface area (Å²) in [6, 6.07) is 8.01. The predicted octanol–water partition coefficient (Wildman–Crippen LogP) is 2.01. The Bertz CT molecular complexity index is 582. The van der Waals surface area contributed by atoms with Gasteiger partial charge in [-0.25, -0.2) is 0 Å². The van der Waals surface area contributed by atoms with Gasteiger partial charge in [-0.15, -0.1) is 0 Å². The fourth-order valence-corrected chi connectivity index (χ4v) is 2.93. The Morgan fingerprint density at radius 3 is 2.77 bits per heavy atom. The SMILES string of the molecule is CC(CN(C(=O)C1OCCc2ccccc21)C1CC1)C(=O)O. The second-order valence-electron chi connectivity index (χ2n) is 6.16. The van der Waals surface area contributed by atoms with E-state index in [0.717, 1.165) is 30.4 Å². The fourth-order valence-electron chi connectivity index (χ4n) is 2.93. The Labute approximate surface area is 129 Å². The first kappa shape index (κ1) is 15.0. The van der Waals surface area contributed by atoms with E-state index in [-0.39, 0.29) is 18.5 Å². The molecule has 0 bridgehead atoms. The van der Waals surface area contributed by atoms with Crippen molar-refractivity contribution in [3.05, 3.63) is 35.4 Å². The van der Waals surface area contributed by atoms with E-state index < -0.39 is 18.0 Å². The molecule has 1 aliphatic carbocycles. The first-order valence-corrected chi connectivity index (χ1v) is 7.80. The third-order valence-electron chi connectivity index (χ3n) is 4.38. The highest BCUT2D eigenvalue weighted by molar-refractivity contribution is 5.84. The van der Waals surface area contributed by atoms with E-state index in [1.807, 2.05) is 24.3 Å². The molecule has 1 fully saturated rings. The number of carboxylic acid groups (broad SMARTS) is 1. The van der Waals surface area contributed by atoms with Crippen LogP contribution in [0, 0.1) is 5.92 Å². The summed E-state index contributed by atoms with van der Waals surface area (Å²) in [4.78, 5) is 25.7. The maximum absolute atomic E-state index is 12.9. The number of carboxylic acids is 1. The molecule has 1 heterocycles. The molecule has 0 radical (unpaired) electrons. The van der Waals surface area contributed by atoms with Gasteiger partial charge in [-0.2, -0.15) is 0 Å². The normalized spacial score (nSPS) is 21.8. The van der Waals surface area contributed by atoms with Gasteiger partial charge < -0.3 is 14.7 Å². The van der Waals surface area contributed by atoms with Crippen molar-refractivity contribution in [2.24, 2.45) is 5.92 Å². The summed E-state index contributed by atoms with van der Waals surface area (Å²) in [6.07, 6.45) is 2.12. The molecule has 5 nitrogen and oxygen atoms in total. The van der Waals surface area contributed by atoms with Gasteiger partial charge >= 0.3 is 5.97 Å². The first-order valence-electron chi connectivity index (χ1n) is 7.80. The van der Waals surface area contributed by atoms with Crippen LogP contribution >= 0.6 is 0 Å². The molecule has 22 heavy (non-hydrogen) atoms. The van der Waals surface area contributed by atoms with Crippen molar-refractivity contribution in [2.75, 3.05) is 13.2 Å². The Morgan fingerprint density at radius 1 is 1.36 bits per heavy atom. The molecule has 0 aromatic heterocycles. The Kier molecular flexibility index (Phi) is 4.16. The van der Waals surface area contributed by atoms with E-state index in [2.05, 4.69) is 0 Å². The second-order valence-corrected chi connectivity index (χ2v) is 6.16. The summed E-state index contributed by atoms with van der Waals surface area (Å²) in [5, 5.41) is 9.11. The summed E-state index contributed by atoms with van der Waals surface area (Å²) >= 11 is 0. The van der Waals surface area contributed by atoms with Gasteiger partial charge in [-0.1, -0.05) is 31.2 Å². The highest BCUT2D eigenvalue weighted by atomic mass is 16.5. The molecule has 118 valence electrons. The zero-order chi connectivity index (χ0) is 15.7. The minimum atomic E-state index is -0.872. The molecule has 1 amide bonds. The third-order valence-corrected chi connectivity index (χ3v) is 4.38. The predicted molar refractivity (Wildman–Crippen MR) is 80.4 cm³/mol. The van der Waals surface area contributed by atoms with E-state index in [4.69, 9.17) is 9.84 Å². The fraction of sp³-hybridized carbons (Fsp3) is 0.529. The zero-order valence-corrected chi connectivity index (χ0v) is 12.7. The van der Waals surface area contributed by atoms with Crippen molar-refractivity contribution in [1.29, 1.82) is 0 Å². The van der Waals surface area contributed by atoms with Gasteiger partial charge in [0.05, 0.1) is 12.5 Å². The van der Waals surface area contributed by atoms with Crippen LogP contribution in [0.4, 0.5) is 0 Å². The van der Waals surface area contributed by atoms with Crippen LogP contribution in [-0.4, -0.2) is 41.1 Å². The molecule has 2 unspecified atom stereocenters. The minimum absolute atomic E-state index is 0.0947. The maximum atomic E-state index is 12.9. The number of aliphatic carboxylic acids is 1. The molecule has 0 spiro atoms. The van der Waals surface area contributed by atoms with Gasteiger partial charge in [0.15, 0.2) is 6.10 Å². The summed E-state index contributed by atoms with van der Waals surface area (Å²) in [5.41, 5.74) is 2.07. The van der Waals surface area contributed by atoms with Crippen molar-refractivity contribution in [3.63, 3.8) is 0 Å². The number of carbonyl (C=O) groups is 2. The van der Waals surface area contributed by atoms with Crippen LogP contribution in [0.2, 0.25) is 0 Å². The number of nitrogens with zero attached hydrogens (tertiary/aromatic N) is 1. The molecule has 2 aliphatic rings. The van der Waals surface area contributed by atoms with Crippen LogP contribution in [0.3, 0.4) is 0 Å². The maximum Gasteiger partial charge on any atom is 0.308 e. The number of carbonyl (C=O) groups excluding carboxylic acids is 1. The molecule has 0 saturated heterocycles. The summed E-state index contributed by atoms with van der Waals surface area (Å²) < 4.78 is 5.73. The van der Waals surface area contributed by atoms with Gasteiger partial charge in [0, 0.05) is 12.6 Å². The number of amides is 1. The molecular formula is C17H21NO4. The van der Waals surface area contributed by atoms with E-state index in [9.17, 15) is 9.59 Å². The number of benzene rings is 1. The van der Waals surface area contributed by atoms with Gasteiger partial charge in [0.25, 0.3) is 5.91 Å². The van der Waals surface area contributed by atoms with Gasteiger partial charge in [-0.05, 0) is 30.4 Å². The molecule has 3 rings (SSSR count). The smallest absolute Gasteiger partial charge is 0.308 e. The first-order chi connectivity index (χ1) is 10.6. The van der Waals surface area contributed by atoms with E-state index in [1.54, 1.807) is 11.8 Å². The largest absolute Gasteiger partial charge is 0.481 e. The molecule has 1 aliphatic heterocycles. The molecule has 1 aromatic carbocycles. The van der Waals surface area contributed by atoms with Crippen LogP contribution in [0.1, 0.15) is 37.0 Å². The number of hydrogen-bond acceptors (Lipinski definition) is 3. The Morgan fingerprint density at radius 2 is 2.09 bits per heavy atom. The zero-order valence-electron chi connectivity index (χ0n) is 12.7.